The van der Waals surface area contributed by atoms with Gasteiger partial charge in [0.2, 0.25) is 0 Å². The van der Waals surface area contributed by atoms with Crippen molar-refractivity contribution in [2.24, 2.45) is 0 Å². The molecule has 0 fully saturated rings. The van der Waals surface area contributed by atoms with Crippen molar-refractivity contribution in [1.29, 1.82) is 0 Å². The van der Waals surface area contributed by atoms with Gasteiger partial charge in [0.05, 0.1) is 35.6 Å². The number of hydrogen-bond acceptors (Lipinski definition) is 4. The second kappa shape index (κ2) is 9.41. The van der Waals surface area contributed by atoms with Gasteiger partial charge in [0.25, 0.3) is 0 Å². The van der Waals surface area contributed by atoms with Gasteiger partial charge in [-0.15, -0.1) is 0 Å². The van der Waals surface area contributed by atoms with E-state index in [0.717, 1.165) is 31.7 Å². The Morgan fingerprint density at radius 3 is 2.62 bits per heavy atom. The highest BCUT2D eigenvalue weighted by molar-refractivity contribution is 6.31. The number of aromatic nitrogens is 2. The third kappa shape index (κ3) is 5.25. The molecule has 1 rings (SSSR count). The molecular weight excluding hydrogens is 288 g/mol. The Kier molecular flexibility index (Phi) is 8.26. The van der Waals surface area contributed by atoms with E-state index in [4.69, 9.17) is 16.3 Å². The van der Waals surface area contributed by atoms with E-state index in [-0.39, 0.29) is 12.1 Å². The maximum atomic E-state index is 6.40. The molecule has 0 aromatic carbocycles. The van der Waals surface area contributed by atoms with Crippen LogP contribution in [-0.2, 0) is 11.3 Å². The first-order valence-corrected chi connectivity index (χ1v) is 8.13. The molecule has 5 nitrogen and oxygen atoms in total. The van der Waals surface area contributed by atoms with Crippen LogP contribution in [0.5, 0.6) is 0 Å². The molecular formula is C15H29ClN4O. The summed E-state index contributed by atoms with van der Waals surface area (Å²) in [6.45, 7) is 9.57. The Labute approximate surface area is 133 Å². The first-order chi connectivity index (χ1) is 10.0. The third-order valence-electron chi connectivity index (χ3n) is 3.47. The zero-order chi connectivity index (χ0) is 15.8. The molecule has 1 aromatic rings. The first kappa shape index (κ1) is 18.4. The Bertz CT molecular complexity index is 408. The van der Waals surface area contributed by atoms with Crippen molar-refractivity contribution >= 4 is 11.6 Å². The molecule has 0 radical (unpaired) electrons. The van der Waals surface area contributed by atoms with E-state index in [9.17, 15) is 0 Å². The Hall–Kier alpha value is -0.620. The standard InChI is InChI=1S/C15H29ClN4O/c1-6-13(21-8-3)14(17-7-2)15-12(16)11-18-20(15)10-9-19(4)5/h11,13-14,17H,6-10H2,1-5H3. The van der Waals surface area contributed by atoms with Gasteiger partial charge in [-0.05, 0) is 34.0 Å². The molecule has 0 aliphatic heterocycles. The van der Waals surface area contributed by atoms with E-state index in [1.165, 1.54) is 0 Å². The Morgan fingerprint density at radius 2 is 2.10 bits per heavy atom. The van der Waals surface area contributed by atoms with Gasteiger partial charge in [0, 0.05) is 13.2 Å². The number of rotatable bonds is 10. The second-order valence-corrected chi connectivity index (χ2v) is 5.75. The van der Waals surface area contributed by atoms with Crippen LogP contribution in [0.3, 0.4) is 0 Å². The maximum Gasteiger partial charge on any atom is 0.0835 e. The zero-order valence-electron chi connectivity index (χ0n) is 13.9. The summed E-state index contributed by atoms with van der Waals surface area (Å²) in [4.78, 5) is 2.14. The summed E-state index contributed by atoms with van der Waals surface area (Å²) >= 11 is 6.40. The quantitative estimate of drug-likeness (QED) is 0.720. The van der Waals surface area contributed by atoms with Gasteiger partial charge in [-0.3, -0.25) is 4.68 Å². The van der Waals surface area contributed by atoms with Crippen LogP contribution in [0.2, 0.25) is 5.02 Å². The van der Waals surface area contributed by atoms with Gasteiger partial charge >= 0.3 is 0 Å². The summed E-state index contributed by atoms with van der Waals surface area (Å²) in [5.41, 5.74) is 1.03. The van der Waals surface area contributed by atoms with E-state index >= 15 is 0 Å². The van der Waals surface area contributed by atoms with Crippen molar-refractivity contribution in [1.82, 2.24) is 20.0 Å². The molecule has 1 aromatic heterocycles. The lowest BCUT2D eigenvalue weighted by Crippen LogP contribution is -2.36. The number of nitrogens with zero attached hydrogens (tertiary/aromatic N) is 3. The minimum Gasteiger partial charge on any atom is -0.376 e. The summed E-state index contributed by atoms with van der Waals surface area (Å²) in [5.74, 6) is 0. The molecule has 1 heterocycles. The number of nitrogens with one attached hydrogen (secondary N) is 1. The predicted octanol–water partition coefficient (Wildman–Crippen LogP) is 2.56. The van der Waals surface area contributed by atoms with Crippen LogP contribution in [0.25, 0.3) is 0 Å². The van der Waals surface area contributed by atoms with Gasteiger partial charge < -0.3 is 15.0 Å². The van der Waals surface area contributed by atoms with E-state index < -0.39 is 0 Å². The van der Waals surface area contributed by atoms with Crippen LogP contribution in [-0.4, -0.2) is 54.6 Å². The largest absolute Gasteiger partial charge is 0.376 e. The van der Waals surface area contributed by atoms with Gasteiger partial charge in [0.15, 0.2) is 0 Å². The highest BCUT2D eigenvalue weighted by Crippen LogP contribution is 2.28. The Balaban J connectivity index is 3.02. The average molecular weight is 317 g/mol. The highest BCUT2D eigenvalue weighted by Gasteiger charge is 2.27. The molecule has 0 saturated heterocycles. The van der Waals surface area contributed by atoms with Crippen molar-refractivity contribution in [3.8, 4) is 0 Å². The lowest BCUT2D eigenvalue weighted by molar-refractivity contribution is 0.0294. The smallest absolute Gasteiger partial charge is 0.0835 e. The van der Waals surface area contributed by atoms with Crippen LogP contribution in [0, 0.1) is 0 Å². The molecule has 0 saturated carbocycles. The molecule has 0 bridgehead atoms. The number of halogens is 1. The molecule has 0 aliphatic rings. The highest BCUT2D eigenvalue weighted by atomic mass is 35.5. The summed E-state index contributed by atoms with van der Waals surface area (Å²) in [5, 5.41) is 8.64. The molecule has 2 unspecified atom stereocenters. The van der Waals surface area contributed by atoms with Gasteiger partial charge in [-0.25, -0.2) is 0 Å². The van der Waals surface area contributed by atoms with Crippen LogP contribution in [0.4, 0.5) is 0 Å². The van der Waals surface area contributed by atoms with Gasteiger partial charge in [0.1, 0.15) is 0 Å². The van der Waals surface area contributed by atoms with Gasteiger partial charge in [-0.2, -0.15) is 5.10 Å². The normalized spacial score (nSPS) is 14.6. The van der Waals surface area contributed by atoms with Crippen LogP contribution in [0.15, 0.2) is 6.20 Å². The first-order valence-electron chi connectivity index (χ1n) is 7.75. The fourth-order valence-electron chi connectivity index (χ4n) is 2.44. The number of ether oxygens (including phenoxy) is 1. The molecule has 0 aliphatic carbocycles. The van der Waals surface area contributed by atoms with Crippen molar-refractivity contribution in [2.45, 2.75) is 45.9 Å². The minimum atomic E-state index is 0.0668. The molecule has 1 N–H and O–H groups in total. The molecule has 0 spiro atoms. The van der Waals surface area contributed by atoms with E-state index in [1.807, 2.05) is 11.6 Å². The van der Waals surface area contributed by atoms with Crippen molar-refractivity contribution in [3.63, 3.8) is 0 Å². The van der Waals surface area contributed by atoms with Crippen molar-refractivity contribution in [3.05, 3.63) is 16.9 Å². The monoisotopic (exact) mass is 316 g/mol. The lowest BCUT2D eigenvalue weighted by atomic mass is 10.0. The van der Waals surface area contributed by atoms with Crippen molar-refractivity contribution in [2.75, 3.05) is 33.8 Å². The molecule has 122 valence electrons. The molecule has 0 amide bonds. The summed E-state index contributed by atoms with van der Waals surface area (Å²) in [6, 6.07) is 0.0668. The zero-order valence-corrected chi connectivity index (χ0v) is 14.7. The molecule has 2 atom stereocenters. The second-order valence-electron chi connectivity index (χ2n) is 5.34. The fourth-order valence-corrected chi connectivity index (χ4v) is 2.70. The van der Waals surface area contributed by atoms with E-state index in [2.05, 4.69) is 43.3 Å². The predicted molar refractivity (Wildman–Crippen MR) is 87.9 cm³/mol. The third-order valence-corrected chi connectivity index (χ3v) is 3.76. The Morgan fingerprint density at radius 1 is 1.38 bits per heavy atom. The minimum absolute atomic E-state index is 0.0668. The molecule has 6 heteroatoms. The van der Waals surface area contributed by atoms with E-state index in [0.29, 0.717) is 11.6 Å². The number of hydrogen-bond donors (Lipinski definition) is 1. The van der Waals surface area contributed by atoms with Crippen LogP contribution in [0.1, 0.15) is 38.9 Å². The SMILES string of the molecule is CCNC(c1c(Cl)cnn1CCN(C)C)C(CC)OCC. The topological polar surface area (TPSA) is 42.3 Å². The van der Waals surface area contributed by atoms with Crippen LogP contribution < -0.4 is 5.32 Å². The van der Waals surface area contributed by atoms with Crippen molar-refractivity contribution < 1.29 is 4.74 Å². The number of likely N-dealkylation sites (N-methyl/N-ethyl adjacent to an activating group) is 2. The average Bonchev–Trinajstić information content (AvgIpc) is 2.81. The summed E-state index contributed by atoms with van der Waals surface area (Å²) < 4.78 is 7.89. The molecule has 21 heavy (non-hydrogen) atoms. The fraction of sp³-hybridized carbons (Fsp3) is 0.800. The van der Waals surface area contributed by atoms with Crippen LogP contribution >= 0.6 is 11.6 Å². The lowest BCUT2D eigenvalue weighted by Gasteiger charge is -2.28. The summed E-state index contributed by atoms with van der Waals surface area (Å²) in [7, 11) is 4.11. The van der Waals surface area contributed by atoms with Gasteiger partial charge in [-0.1, -0.05) is 25.4 Å². The summed E-state index contributed by atoms with van der Waals surface area (Å²) in [6.07, 6.45) is 2.76. The van der Waals surface area contributed by atoms with E-state index in [1.54, 1.807) is 6.20 Å². The maximum absolute atomic E-state index is 6.40.